The van der Waals surface area contributed by atoms with E-state index in [2.05, 4.69) is 5.32 Å². The first-order valence-electron chi connectivity index (χ1n) is 5.29. The molecule has 0 aliphatic carbocycles. The standard InChI is InChI=1S/C11H17N3O/c12-6-2-3-8-7-15-11-9(13)4-1-5-10(11)14-8/h1,4-5,8,14H,2-3,6-7,12-13H2. The van der Waals surface area contributed by atoms with Crippen LogP contribution < -0.4 is 21.5 Å². The van der Waals surface area contributed by atoms with Gasteiger partial charge in [0.15, 0.2) is 5.75 Å². The minimum absolute atomic E-state index is 0.350. The van der Waals surface area contributed by atoms with Crippen molar-refractivity contribution in [3.63, 3.8) is 0 Å². The maximum Gasteiger partial charge on any atom is 0.165 e. The van der Waals surface area contributed by atoms with Crippen LogP contribution in [0.3, 0.4) is 0 Å². The van der Waals surface area contributed by atoms with Crippen molar-refractivity contribution in [1.29, 1.82) is 0 Å². The minimum Gasteiger partial charge on any atom is -0.487 e. The van der Waals surface area contributed by atoms with E-state index in [1.165, 1.54) is 0 Å². The first-order valence-corrected chi connectivity index (χ1v) is 5.29. The zero-order chi connectivity index (χ0) is 10.7. The van der Waals surface area contributed by atoms with Gasteiger partial charge in [0.1, 0.15) is 6.61 Å². The molecule has 0 radical (unpaired) electrons. The summed E-state index contributed by atoms with van der Waals surface area (Å²) >= 11 is 0. The molecule has 1 unspecified atom stereocenters. The molecule has 0 bridgehead atoms. The van der Waals surface area contributed by atoms with Gasteiger partial charge in [-0.15, -0.1) is 0 Å². The van der Waals surface area contributed by atoms with Crippen LogP contribution in [0, 0.1) is 0 Å². The van der Waals surface area contributed by atoms with Crippen LogP contribution in [-0.2, 0) is 0 Å². The third-order valence-electron chi connectivity index (χ3n) is 2.59. The van der Waals surface area contributed by atoms with E-state index >= 15 is 0 Å². The van der Waals surface area contributed by atoms with Gasteiger partial charge in [-0.1, -0.05) is 6.07 Å². The first kappa shape index (κ1) is 10.1. The number of rotatable bonds is 3. The third kappa shape index (κ3) is 2.15. The zero-order valence-electron chi connectivity index (χ0n) is 8.70. The van der Waals surface area contributed by atoms with Gasteiger partial charge in [-0.3, -0.25) is 0 Å². The van der Waals surface area contributed by atoms with E-state index in [1.807, 2.05) is 18.2 Å². The minimum atomic E-state index is 0.350. The molecule has 1 heterocycles. The zero-order valence-corrected chi connectivity index (χ0v) is 8.70. The average Bonchev–Trinajstić information content (AvgIpc) is 2.26. The Hall–Kier alpha value is -1.42. The molecule has 1 atom stereocenters. The third-order valence-corrected chi connectivity index (χ3v) is 2.59. The largest absolute Gasteiger partial charge is 0.487 e. The van der Waals surface area contributed by atoms with Crippen LogP contribution in [0.4, 0.5) is 11.4 Å². The highest BCUT2D eigenvalue weighted by Crippen LogP contribution is 2.34. The van der Waals surface area contributed by atoms with Gasteiger partial charge in [0.2, 0.25) is 0 Å². The van der Waals surface area contributed by atoms with Gasteiger partial charge in [0.25, 0.3) is 0 Å². The summed E-state index contributed by atoms with van der Waals surface area (Å²) in [6, 6.07) is 6.11. The molecule has 4 nitrogen and oxygen atoms in total. The van der Waals surface area contributed by atoms with E-state index in [4.69, 9.17) is 16.2 Å². The summed E-state index contributed by atoms with van der Waals surface area (Å²) in [4.78, 5) is 0. The van der Waals surface area contributed by atoms with Crippen LogP contribution in [0.15, 0.2) is 18.2 Å². The van der Waals surface area contributed by atoms with Gasteiger partial charge in [0.05, 0.1) is 17.4 Å². The number of ether oxygens (including phenoxy) is 1. The van der Waals surface area contributed by atoms with Crippen LogP contribution in [0.25, 0.3) is 0 Å². The summed E-state index contributed by atoms with van der Waals surface area (Å²) in [7, 11) is 0. The Balaban J connectivity index is 2.07. The lowest BCUT2D eigenvalue weighted by molar-refractivity contribution is 0.278. The van der Waals surface area contributed by atoms with Crippen LogP contribution in [0.1, 0.15) is 12.8 Å². The van der Waals surface area contributed by atoms with Gasteiger partial charge >= 0.3 is 0 Å². The molecule has 2 rings (SSSR count). The predicted octanol–water partition coefficient (Wildman–Crippen LogP) is 1.18. The SMILES string of the molecule is NCCCC1COc2c(N)cccc2N1. The Morgan fingerprint density at radius 3 is 3.13 bits per heavy atom. The Morgan fingerprint density at radius 1 is 1.47 bits per heavy atom. The summed E-state index contributed by atoms with van der Waals surface area (Å²) in [5.74, 6) is 0.779. The number of para-hydroxylation sites is 1. The maximum atomic E-state index is 5.80. The summed E-state index contributed by atoms with van der Waals surface area (Å²) < 4.78 is 5.64. The van der Waals surface area contributed by atoms with Gasteiger partial charge in [-0.25, -0.2) is 0 Å². The summed E-state index contributed by atoms with van der Waals surface area (Å²) in [6.45, 7) is 1.39. The highest BCUT2D eigenvalue weighted by molar-refractivity contribution is 5.70. The van der Waals surface area contributed by atoms with Crippen molar-refractivity contribution in [3.05, 3.63) is 18.2 Å². The molecule has 1 aromatic rings. The van der Waals surface area contributed by atoms with Crippen molar-refractivity contribution in [1.82, 2.24) is 0 Å². The quantitative estimate of drug-likeness (QED) is 0.651. The lowest BCUT2D eigenvalue weighted by atomic mass is 10.1. The molecule has 0 saturated carbocycles. The topological polar surface area (TPSA) is 73.3 Å². The summed E-state index contributed by atoms with van der Waals surface area (Å²) in [5.41, 5.74) is 13.0. The predicted molar refractivity (Wildman–Crippen MR) is 62.0 cm³/mol. The van der Waals surface area contributed by atoms with E-state index in [-0.39, 0.29) is 0 Å². The molecular weight excluding hydrogens is 190 g/mol. The highest BCUT2D eigenvalue weighted by atomic mass is 16.5. The molecular formula is C11H17N3O. The molecule has 82 valence electrons. The Kier molecular flexibility index (Phi) is 2.97. The molecule has 5 N–H and O–H groups in total. The fourth-order valence-electron chi connectivity index (χ4n) is 1.79. The molecule has 1 aromatic carbocycles. The second-order valence-electron chi connectivity index (χ2n) is 3.81. The fraction of sp³-hybridized carbons (Fsp3) is 0.455. The van der Waals surface area contributed by atoms with Gasteiger partial charge in [0, 0.05) is 0 Å². The van der Waals surface area contributed by atoms with Crippen molar-refractivity contribution in [3.8, 4) is 5.75 Å². The average molecular weight is 207 g/mol. The smallest absolute Gasteiger partial charge is 0.165 e. The van der Waals surface area contributed by atoms with Crippen molar-refractivity contribution in [2.75, 3.05) is 24.2 Å². The monoisotopic (exact) mass is 207 g/mol. The number of anilines is 2. The second-order valence-corrected chi connectivity index (χ2v) is 3.81. The molecule has 0 spiro atoms. The number of nitrogens with two attached hydrogens (primary N) is 2. The molecule has 1 aliphatic rings. The Morgan fingerprint density at radius 2 is 2.33 bits per heavy atom. The number of hydrogen-bond acceptors (Lipinski definition) is 4. The first-order chi connectivity index (χ1) is 7.31. The van der Waals surface area contributed by atoms with Gasteiger partial charge in [-0.2, -0.15) is 0 Å². The normalized spacial score (nSPS) is 18.9. The van der Waals surface area contributed by atoms with Crippen LogP contribution in [-0.4, -0.2) is 19.2 Å². The van der Waals surface area contributed by atoms with Crippen LogP contribution >= 0.6 is 0 Å². The number of nitrogen functional groups attached to an aromatic ring is 1. The number of benzene rings is 1. The molecule has 0 amide bonds. The van der Waals surface area contributed by atoms with E-state index in [1.54, 1.807) is 0 Å². The number of fused-ring (bicyclic) bond motifs is 1. The van der Waals surface area contributed by atoms with E-state index < -0.39 is 0 Å². The van der Waals surface area contributed by atoms with E-state index in [9.17, 15) is 0 Å². The number of hydrogen-bond donors (Lipinski definition) is 3. The lowest BCUT2D eigenvalue weighted by Gasteiger charge is -2.28. The van der Waals surface area contributed by atoms with E-state index in [0.717, 1.165) is 30.8 Å². The lowest BCUT2D eigenvalue weighted by Crippen LogP contribution is -2.32. The van der Waals surface area contributed by atoms with E-state index in [0.29, 0.717) is 18.3 Å². The molecule has 0 aromatic heterocycles. The molecule has 15 heavy (non-hydrogen) atoms. The van der Waals surface area contributed by atoms with Crippen molar-refractivity contribution >= 4 is 11.4 Å². The van der Waals surface area contributed by atoms with Gasteiger partial charge < -0.3 is 21.5 Å². The fourth-order valence-corrected chi connectivity index (χ4v) is 1.79. The Bertz CT molecular complexity index is 341. The van der Waals surface area contributed by atoms with Crippen LogP contribution in [0.5, 0.6) is 5.75 Å². The Labute approximate surface area is 89.6 Å². The summed E-state index contributed by atoms with van der Waals surface area (Å²) in [5, 5.41) is 3.41. The van der Waals surface area contributed by atoms with Crippen molar-refractivity contribution in [2.24, 2.45) is 5.73 Å². The number of nitrogens with one attached hydrogen (secondary N) is 1. The van der Waals surface area contributed by atoms with Crippen molar-refractivity contribution in [2.45, 2.75) is 18.9 Å². The molecule has 0 saturated heterocycles. The maximum absolute atomic E-state index is 5.80. The molecule has 4 heteroatoms. The highest BCUT2D eigenvalue weighted by Gasteiger charge is 2.19. The summed E-state index contributed by atoms with van der Waals surface area (Å²) in [6.07, 6.45) is 2.05. The van der Waals surface area contributed by atoms with Crippen LogP contribution in [0.2, 0.25) is 0 Å². The van der Waals surface area contributed by atoms with Gasteiger partial charge in [-0.05, 0) is 31.5 Å². The molecule has 1 aliphatic heterocycles. The van der Waals surface area contributed by atoms with Crippen molar-refractivity contribution < 1.29 is 4.74 Å². The second kappa shape index (κ2) is 4.40. The molecule has 0 fully saturated rings.